The Hall–Kier alpha value is -3.74. The van der Waals surface area contributed by atoms with Crippen LogP contribution >= 0.6 is 0 Å². The Kier molecular flexibility index (Phi) is 6.24. The van der Waals surface area contributed by atoms with Crippen molar-refractivity contribution in [3.05, 3.63) is 65.4 Å². The molecule has 1 saturated carbocycles. The second-order valence-corrected chi connectivity index (χ2v) is 8.96. The van der Waals surface area contributed by atoms with Gasteiger partial charge in [-0.2, -0.15) is 0 Å². The first-order chi connectivity index (χ1) is 17.0. The van der Waals surface area contributed by atoms with Gasteiger partial charge in [-0.3, -0.25) is 9.59 Å². The number of nitrogens with zero attached hydrogens (tertiary/aromatic N) is 1. The lowest BCUT2D eigenvalue weighted by Crippen LogP contribution is -2.37. The zero-order valence-electron chi connectivity index (χ0n) is 20.0. The molecule has 1 aromatic heterocycles. The highest BCUT2D eigenvalue weighted by atomic mass is 16.5. The Morgan fingerprint density at radius 3 is 2.54 bits per heavy atom. The number of aromatic nitrogens is 1. The molecule has 35 heavy (non-hydrogen) atoms. The molecule has 1 aliphatic heterocycles. The van der Waals surface area contributed by atoms with Crippen molar-refractivity contribution in [3.8, 4) is 11.5 Å². The maximum Gasteiger partial charge on any atom is 0.295 e. The zero-order chi connectivity index (χ0) is 24.5. The van der Waals surface area contributed by atoms with Gasteiger partial charge in [0.05, 0.1) is 30.4 Å². The Bertz CT molecular complexity index is 1300. The molecule has 1 saturated heterocycles. The van der Waals surface area contributed by atoms with Crippen molar-refractivity contribution < 1.29 is 24.2 Å². The molecule has 5 rings (SSSR count). The average molecular weight is 475 g/mol. The highest BCUT2D eigenvalue weighted by Gasteiger charge is 2.50. The molecule has 0 radical (unpaired) electrons. The first kappa shape index (κ1) is 23.0. The number of carbonyl (C=O) groups is 2. The van der Waals surface area contributed by atoms with Gasteiger partial charge in [0.15, 0.2) is 0 Å². The van der Waals surface area contributed by atoms with Gasteiger partial charge in [-0.15, -0.1) is 0 Å². The summed E-state index contributed by atoms with van der Waals surface area (Å²) in [6, 6.07) is 12.2. The lowest BCUT2D eigenvalue weighted by molar-refractivity contribution is -0.141. The fourth-order valence-electron chi connectivity index (χ4n) is 5.41. The van der Waals surface area contributed by atoms with Crippen molar-refractivity contribution in [1.29, 1.82) is 0 Å². The number of carbonyl (C=O) groups excluding carboxylic acids is 2. The molecule has 2 aliphatic rings. The number of aliphatic hydroxyl groups is 1. The van der Waals surface area contributed by atoms with Crippen LogP contribution in [0.1, 0.15) is 56.7 Å². The molecule has 3 aromatic rings. The van der Waals surface area contributed by atoms with Gasteiger partial charge < -0.3 is 24.5 Å². The molecule has 7 nitrogen and oxygen atoms in total. The van der Waals surface area contributed by atoms with E-state index < -0.39 is 17.7 Å². The van der Waals surface area contributed by atoms with Crippen molar-refractivity contribution in [3.63, 3.8) is 0 Å². The fourth-order valence-corrected chi connectivity index (χ4v) is 5.41. The Balaban J connectivity index is 1.71. The fraction of sp³-hybridized carbons (Fsp3) is 0.357. The van der Waals surface area contributed by atoms with Gasteiger partial charge in [-0.05, 0) is 44.9 Å². The molecule has 2 aromatic carbocycles. The number of benzene rings is 2. The van der Waals surface area contributed by atoms with Gasteiger partial charge in [0.2, 0.25) is 0 Å². The van der Waals surface area contributed by atoms with Crippen molar-refractivity contribution >= 4 is 28.4 Å². The number of hydrogen-bond acceptors (Lipinski definition) is 5. The van der Waals surface area contributed by atoms with Crippen LogP contribution in [0.3, 0.4) is 0 Å². The smallest absolute Gasteiger partial charge is 0.295 e. The third-order valence-electron chi connectivity index (χ3n) is 6.93. The average Bonchev–Trinajstić information content (AvgIpc) is 3.58. The van der Waals surface area contributed by atoms with Crippen LogP contribution in [0.15, 0.2) is 54.2 Å². The number of Topliss-reactive ketones (excluding diaryl/α,β-unsaturated/α-hetero) is 1. The second-order valence-electron chi connectivity index (χ2n) is 8.96. The number of amides is 1. The molecule has 1 atom stereocenters. The predicted octanol–water partition coefficient (Wildman–Crippen LogP) is 5.33. The van der Waals surface area contributed by atoms with E-state index >= 15 is 0 Å². The molecule has 182 valence electrons. The molecule has 0 spiro atoms. The van der Waals surface area contributed by atoms with Crippen LogP contribution in [0.5, 0.6) is 11.5 Å². The highest BCUT2D eigenvalue weighted by molar-refractivity contribution is 6.46. The molecule has 1 unspecified atom stereocenters. The van der Waals surface area contributed by atoms with Crippen LogP contribution in [0, 0.1) is 0 Å². The number of ketones is 1. The topological polar surface area (TPSA) is 91.9 Å². The number of ether oxygens (including phenoxy) is 2. The number of nitrogens with one attached hydrogen (secondary N) is 1. The van der Waals surface area contributed by atoms with E-state index in [9.17, 15) is 14.7 Å². The van der Waals surface area contributed by atoms with E-state index in [2.05, 4.69) is 4.98 Å². The summed E-state index contributed by atoms with van der Waals surface area (Å²) in [5, 5.41) is 12.5. The number of H-pyrrole nitrogens is 1. The van der Waals surface area contributed by atoms with Crippen molar-refractivity contribution in [2.75, 3.05) is 13.2 Å². The lowest BCUT2D eigenvalue weighted by atomic mass is 9.94. The van der Waals surface area contributed by atoms with Crippen LogP contribution in [0.4, 0.5) is 0 Å². The third kappa shape index (κ3) is 3.95. The zero-order valence-corrected chi connectivity index (χ0v) is 20.0. The Morgan fingerprint density at radius 1 is 1.06 bits per heavy atom. The van der Waals surface area contributed by atoms with Crippen LogP contribution in [0.25, 0.3) is 16.7 Å². The highest BCUT2D eigenvalue weighted by Crippen LogP contribution is 2.46. The summed E-state index contributed by atoms with van der Waals surface area (Å²) < 4.78 is 11.4. The van der Waals surface area contributed by atoms with E-state index in [-0.39, 0.29) is 17.4 Å². The first-order valence-electron chi connectivity index (χ1n) is 12.3. The summed E-state index contributed by atoms with van der Waals surface area (Å²) >= 11 is 0. The number of aromatic amines is 1. The molecule has 2 heterocycles. The van der Waals surface area contributed by atoms with Gasteiger partial charge in [0.25, 0.3) is 11.7 Å². The summed E-state index contributed by atoms with van der Waals surface area (Å²) in [5.41, 5.74) is 2.18. The second kappa shape index (κ2) is 9.49. The quantitative estimate of drug-likeness (QED) is 0.274. The molecule has 7 heteroatoms. The van der Waals surface area contributed by atoms with Gasteiger partial charge in [-0.1, -0.05) is 31.0 Å². The van der Waals surface area contributed by atoms with Gasteiger partial charge in [-0.25, -0.2) is 0 Å². The van der Waals surface area contributed by atoms with E-state index in [1.165, 1.54) is 0 Å². The monoisotopic (exact) mass is 474 g/mol. The summed E-state index contributed by atoms with van der Waals surface area (Å²) in [5.74, 6) is -0.447. The van der Waals surface area contributed by atoms with Crippen LogP contribution < -0.4 is 9.47 Å². The maximum atomic E-state index is 13.5. The largest absolute Gasteiger partial charge is 0.507 e. The van der Waals surface area contributed by atoms with E-state index in [0.29, 0.717) is 30.3 Å². The van der Waals surface area contributed by atoms with Gasteiger partial charge in [0, 0.05) is 34.8 Å². The lowest BCUT2D eigenvalue weighted by Gasteiger charge is -2.30. The summed E-state index contributed by atoms with van der Waals surface area (Å²) in [6.45, 7) is 4.60. The normalized spacial score (nSPS) is 20.2. The minimum Gasteiger partial charge on any atom is -0.507 e. The number of aliphatic hydroxyl groups excluding tert-OH is 1. The van der Waals surface area contributed by atoms with Crippen LogP contribution in [-0.2, 0) is 9.59 Å². The summed E-state index contributed by atoms with van der Waals surface area (Å²) in [7, 11) is 0. The maximum absolute atomic E-state index is 13.5. The molecule has 2 N–H and O–H groups in total. The molecule has 2 fully saturated rings. The molecular weight excluding hydrogens is 444 g/mol. The van der Waals surface area contributed by atoms with Gasteiger partial charge in [0.1, 0.15) is 17.3 Å². The van der Waals surface area contributed by atoms with Crippen molar-refractivity contribution in [2.45, 2.75) is 51.6 Å². The predicted molar refractivity (Wildman–Crippen MR) is 133 cm³/mol. The summed E-state index contributed by atoms with van der Waals surface area (Å²) in [4.78, 5) is 31.8. The minimum absolute atomic E-state index is 0.0397. The van der Waals surface area contributed by atoms with Crippen LogP contribution in [-0.4, -0.2) is 45.9 Å². The molecular formula is C28H30N2O5. The molecule has 1 aliphatic carbocycles. The van der Waals surface area contributed by atoms with E-state index in [1.807, 2.05) is 44.3 Å². The molecule has 1 amide bonds. The SMILES string of the molecule is CCOc1ccc(/C(O)=C2\C(=O)C(=O)N(C3CCCC3)C2c2c[nH]c3ccccc23)c(OCC)c1. The number of rotatable bonds is 7. The standard InChI is InChI=1S/C28H30N2O5/c1-3-34-18-13-14-20(23(15-18)35-4-2)26(31)24-25(21-16-29-22-12-8-7-11-19(21)22)30(28(33)27(24)32)17-9-5-6-10-17/h7-8,11-17,25,29,31H,3-6,9-10H2,1-2H3/b26-24+. The third-order valence-corrected chi connectivity index (χ3v) is 6.93. The summed E-state index contributed by atoms with van der Waals surface area (Å²) in [6.07, 6.45) is 5.57. The minimum atomic E-state index is -0.685. The Labute approximate surface area is 204 Å². The van der Waals surface area contributed by atoms with Crippen LogP contribution in [0.2, 0.25) is 0 Å². The van der Waals surface area contributed by atoms with Crippen molar-refractivity contribution in [2.24, 2.45) is 0 Å². The van der Waals surface area contributed by atoms with E-state index in [1.54, 1.807) is 23.1 Å². The Morgan fingerprint density at radius 2 is 1.80 bits per heavy atom. The van der Waals surface area contributed by atoms with Crippen molar-refractivity contribution in [1.82, 2.24) is 9.88 Å². The van der Waals surface area contributed by atoms with Gasteiger partial charge >= 0.3 is 0 Å². The number of fused-ring (bicyclic) bond motifs is 1. The number of hydrogen-bond donors (Lipinski definition) is 2. The molecule has 0 bridgehead atoms. The van der Waals surface area contributed by atoms with E-state index in [0.717, 1.165) is 42.1 Å². The number of likely N-dealkylation sites (tertiary alicyclic amines) is 1. The first-order valence-corrected chi connectivity index (χ1v) is 12.3. The van der Waals surface area contributed by atoms with E-state index in [4.69, 9.17) is 9.47 Å². The number of para-hydroxylation sites is 1.